The van der Waals surface area contributed by atoms with Crippen molar-refractivity contribution in [3.8, 4) is 11.4 Å². The molecule has 4 heterocycles. The predicted molar refractivity (Wildman–Crippen MR) is 120 cm³/mol. The summed E-state index contributed by atoms with van der Waals surface area (Å²) in [5.41, 5.74) is 6.49. The number of rotatable bonds is 5. The molecule has 0 saturated carbocycles. The monoisotopic (exact) mass is 462 g/mol. The van der Waals surface area contributed by atoms with Crippen molar-refractivity contribution in [1.82, 2.24) is 14.9 Å². The quantitative estimate of drug-likeness (QED) is 0.413. The van der Waals surface area contributed by atoms with E-state index in [0.29, 0.717) is 17.9 Å². The van der Waals surface area contributed by atoms with E-state index in [0.717, 1.165) is 16.5 Å². The molecular formula is C24H22N4O6. The fourth-order valence-corrected chi connectivity index (χ4v) is 4.56. The lowest BCUT2D eigenvalue weighted by Crippen LogP contribution is -2.49. The molecule has 5 rings (SSSR count). The van der Waals surface area contributed by atoms with Crippen LogP contribution in [-0.4, -0.2) is 40.5 Å². The molecule has 1 amide bonds. The Morgan fingerprint density at radius 1 is 1.26 bits per heavy atom. The lowest BCUT2D eigenvalue weighted by Gasteiger charge is -2.35. The number of nitrogens with two attached hydrogens (primary N) is 1. The lowest BCUT2D eigenvalue weighted by molar-refractivity contribution is -0.189. The highest BCUT2D eigenvalue weighted by Crippen LogP contribution is 2.40. The van der Waals surface area contributed by atoms with Gasteiger partial charge in [0.05, 0.1) is 35.6 Å². The Kier molecular flexibility index (Phi) is 5.17. The van der Waals surface area contributed by atoms with Crippen LogP contribution in [0.2, 0.25) is 0 Å². The van der Waals surface area contributed by atoms with E-state index < -0.39 is 30.0 Å². The van der Waals surface area contributed by atoms with Crippen LogP contribution in [0.25, 0.3) is 22.3 Å². The van der Waals surface area contributed by atoms with E-state index in [-0.39, 0.29) is 36.3 Å². The Morgan fingerprint density at radius 3 is 2.82 bits per heavy atom. The van der Waals surface area contributed by atoms with Crippen LogP contribution in [0.5, 0.6) is 0 Å². The van der Waals surface area contributed by atoms with Gasteiger partial charge in [-0.2, -0.15) is 0 Å². The molecule has 2 aromatic heterocycles. The van der Waals surface area contributed by atoms with Gasteiger partial charge >= 0.3 is 11.9 Å². The minimum Gasteiger partial charge on any atom is -0.457 e. The first-order valence-electron chi connectivity index (χ1n) is 10.9. The van der Waals surface area contributed by atoms with Crippen LogP contribution in [0.4, 0.5) is 0 Å². The highest BCUT2D eigenvalue weighted by molar-refractivity contribution is 5.89. The van der Waals surface area contributed by atoms with Gasteiger partial charge in [-0.15, -0.1) is 0 Å². The Bertz CT molecular complexity index is 1430. The van der Waals surface area contributed by atoms with Gasteiger partial charge in [-0.05, 0) is 24.6 Å². The van der Waals surface area contributed by atoms with E-state index in [1.54, 1.807) is 17.6 Å². The molecule has 3 N–H and O–H groups in total. The summed E-state index contributed by atoms with van der Waals surface area (Å²) in [6, 6.07) is 11.3. The van der Waals surface area contributed by atoms with Crippen molar-refractivity contribution in [3.05, 3.63) is 63.4 Å². The zero-order valence-corrected chi connectivity index (χ0v) is 18.4. The highest BCUT2D eigenvalue weighted by atomic mass is 16.6. The van der Waals surface area contributed by atoms with Gasteiger partial charge in [0.2, 0.25) is 11.5 Å². The molecule has 1 atom stereocenters. The molecule has 0 fully saturated rings. The number of nitrogens with zero attached hydrogens (tertiary/aromatic N) is 2. The molecule has 174 valence electrons. The molecular weight excluding hydrogens is 440 g/mol. The smallest absolute Gasteiger partial charge is 0.355 e. The number of fused-ring (bicyclic) bond motifs is 5. The number of hydrogen-bond donors (Lipinski definition) is 2. The summed E-state index contributed by atoms with van der Waals surface area (Å²) in [6.07, 6.45) is 0.0380. The summed E-state index contributed by atoms with van der Waals surface area (Å²) in [5, 5.41) is 3.28. The summed E-state index contributed by atoms with van der Waals surface area (Å²) in [4.78, 5) is 55.1. The number of cyclic esters (lactones) is 1. The van der Waals surface area contributed by atoms with Crippen molar-refractivity contribution in [2.45, 2.75) is 32.1 Å². The van der Waals surface area contributed by atoms with E-state index in [9.17, 15) is 19.2 Å². The average molecular weight is 462 g/mol. The molecule has 34 heavy (non-hydrogen) atoms. The topological polar surface area (TPSA) is 143 Å². The van der Waals surface area contributed by atoms with Gasteiger partial charge in [-0.1, -0.05) is 25.1 Å². The highest BCUT2D eigenvalue weighted by Gasteiger charge is 2.50. The van der Waals surface area contributed by atoms with E-state index in [1.807, 2.05) is 30.3 Å². The number of ether oxygens (including phenoxy) is 2. The van der Waals surface area contributed by atoms with Crippen molar-refractivity contribution in [1.29, 1.82) is 0 Å². The van der Waals surface area contributed by atoms with Crippen LogP contribution in [-0.2, 0) is 42.6 Å². The molecule has 0 radical (unpaired) electrons. The Labute approximate surface area is 193 Å². The first-order valence-corrected chi connectivity index (χ1v) is 10.9. The third kappa shape index (κ3) is 3.26. The molecule has 0 saturated heterocycles. The zero-order chi connectivity index (χ0) is 24.0. The Morgan fingerprint density at radius 2 is 2.06 bits per heavy atom. The first kappa shape index (κ1) is 21.8. The summed E-state index contributed by atoms with van der Waals surface area (Å²) in [5.74, 6) is -2.16. The van der Waals surface area contributed by atoms with Gasteiger partial charge in [0.1, 0.15) is 13.2 Å². The van der Waals surface area contributed by atoms with E-state index >= 15 is 0 Å². The molecule has 0 spiro atoms. The fourth-order valence-electron chi connectivity index (χ4n) is 4.56. The standard InChI is InChI=1S/C24H22N4O6/c1-2-24(34-20(30)10-26-19(29)9-25)16-8-18-21-14(7-13-5-3-4-6-17(13)27-21)11-28(18)22(31)15(16)12-33-23(24)32/h3-8H,2,9-12,25H2,1H3,(H,26,29)/t24-/m0/s1. The molecule has 2 aliphatic rings. The maximum absolute atomic E-state index is 13.4. The minimum absolute atomic E-state index is 0.0380. The van der Waals surface area contributed by atoms with Crippen LogP contribution in [0.15, 0.2) is 41.2 Å². The van der Waals surface area contributed by atoms with E-state index in [2.05, 4.69) is 5.32 Å². The van der Waals surface area contributed by atoms with Crippen LogP contribution < -0.4 is 16.6 Å². The molecule has 3 aromatic rings. The number of carbonyl (C=O) groups excluding carboxylic acids is 3. The van der Waals surface area contributed by atoms with Crippen molar-refractivity contribution < 1.29 is 23.9 Å². The van der Waals surface area contributed by atoms with Crippen LogP contribution in [0.3, 0.4) is 0 Å². The maximum Gasteiger partial charge on any atom is 0.355 e. The minimum atomic E-state index is -1.81. The molecule has 1 aromatic carbocycles. The number of pyridine rings is 2. The summed E-state index contributed by atoms with van der Waals surface area (Å²) < 4.78 is 12.5. The largest absolute Gasteiger partial charge is 0.457 e. The van der Waals surface area contributed by atoms with Crippen molar-refractivity contribution in [2.24, 2.45) is 5.73 Å². The molecule has 0 unspecified atom stereocenters. The van der Waals surface area contributed by atoms with Gasteiger partial charge in [0.15, 0.2) is 0 Å². The second-order valence-electron chi connectivity index (χ2n) is 8.21. The number of amides is 1. The third-order valence-corrected chi connectivity index (χ3v) is 6.29. The van der Waals surface area contributed by atoms with Crippen molar-refractivity contribution >= 4 is 28.7 Å². The van der Waals surface area contributed by atoms with Crippen LogP contribution >= 0.6 is 0 Å². The number of nitrogens with one attached hydrogen (secondary N) is 1. The second kappa shape index (κ2) is 8.07. The van der Waals surface area contributed by atoms with Crippen molar-refractivity contribution in [3.63, 3.8) is 0 Å². The number of carbonyl (C=O) groups is 3. The number of aromatic nitrogens is 2. The fraction of sp³-hybridized carbons (Fsp3) is 0.292. The second-order valence-corrected chi connectivity index (χ2v) is 8.21. The summed E-state index contributed by atoms with van der Waals surface area (Å²) in [6.45, 7) is 1.02. The SMILES string of the molecule is CC[C@@]1(OC(=O)CNC(=O)CN)C(=O)OCc2c1cc1n(c2=O)Cc2cc3ccccc3nc2-1. The van der Waals surface area contributed by atoms with Gasteiger partial charge in [-0.25, -0.2) is 9.78 Å². The number of esters is 2. The van der Waals surface area contributed by atoms with Crippen LogP contribution in [0, 0.1) is 0 Å². The van der Waals surface area contributed by atoms with E-state index in [4.69, 9.17) is 20.2 Å². The average Bonchev–Trinajstić information content (AvgIpc) is 3.20. The molecule has 10 nitrogen and oxygen atoms in total. The molecule has 10 heteroatoms. The summed E-state index contributed by atoms with van der Waals surface area (Å²) >= 11 is 0. The van der Waals surface area contributed by atoms with Gasteiger partial charge in [0, 0.05) is 16.5 Å². The Hall–Kier alpha value is -4.05. The maximum atomic E-state index is 13.4. The lowest BCUT2D eigenvalue weighted by atomic mass is 9.85. The number of hydrogen-bond acceptors (Lipinski definition) is 8. The first-order chi connectivity index (χ1) is 16.4. The van der Waals surface area contributed by atoms with Gasteiger partial charge in [0.25, 0.3) is 5.56 Å². The number of para-hydroxylation sites is 1. The third-order valence-electron chi connectivity index (χ3n) is 6.29. The summed E-state index contributed by atoms with van der Waals surface area (Å²) in [7, 11) is 0. The number of benzene rings is 1. The predicted octanol–water partition coefficient (Wildman–Crippen LogP) is 0.705. The molecule has 0 bridgehead atoms. The zero-order valence-electron chi connectivity index (χ0n) is 18.4. The van der Waals surface area contributed by atoms with E-state index in [1.165, 1.54) is 0 Å². The normalized spacial score (nSPS) is 18.0. The van der Waals surface area contributed by atoms with Crippen LogP contribution in [0.1, 0.15) is 30.0 Å². The molecule has 2 aliphatic heterocycles. The van der Waals surface area contributed by atoms with Gasteiger partial charge in [-0.3, -0.25) is 14.4 Å². The molecule has 0 aliphatic carbocycles. The van der Waals surface area contributed by atoms with Gasteiger partial charge < -0.3 is 25.1 Å². The Balaban J connectivity index is 1.62. The van der Waals surface area contributed by atoms with Crippen molar-refractivity contribution in [2.75, 3.05) is 13.1 Å².